The van der Waals surface area contributed by atoms with E-state index < -0.39 is 0 Å². The van der Waals surface area contributed by atoms with Gasteiger partial charge in [0.2, 0.25) is 0 Å². The smallest absolute Gasteiger partial charge is 0.0702 e. The molecule has 0 aliphatic carbocycles. The maximum atomic E-state index is 4.77. The van der Waals surface area contributed by atoms with Gasteiger partial charge in [0.15, 0.2) is 0 Å². The highest BCUT2D eigenvalue weighted by molar-refractivity contribution is 6.03. The summed E-state index contributed by atoms with van der Waals surface area (Å²) >= 11 is 0. The van der Waals surface area contributed by atoms with Crippen LogP contribution in [-0.2, 0) is 0 Å². The second-order valence-electron chi connectivity index (χ2n) is 10.4. The van der Waals surface area contributed by atoms with Crippen molar-refractivity contribution in [2.24, 2.45) is 0 Å². The van der Waals surface area contributed by atoms with Gasteiger partial charge >= 0.3 is 0 Å². The highest BCUT2D eigenvalue weighted by Gasteiger charge is 2.26. The molecule has 0 atom stereocenters. The van der Waals surface area contributed by atoms with Crippen LogP contribution in [0.2, 0.25) is 0 Å². The summed E-state index contributed by atoms with van der Waals surface area (Å²) in [6.45, 7) is 0. The monoisotopic (exact) mass is 538 g/mol. The normalized spacial score (nSPS) is 11.8. The molecule has 198 valence electrons. The number of aromatic nitrogens is 3. The number of para-hydroxylation sites is 1. The lowest BCUT2D eigenvalue weighted by Crippen LogP contribution is -2.12. The molecule has 0 amide bonds. The SMILES string of the molecule is c1ccc(-c2cnn(-c3ccc4c(c3)N(c3cccc(-c5ccccn5)c3)c3ccccc3-c3ccccc3-4)c2)cc1. The molecule has 7 aromatic rings. The minimum Gasteiger partial charge on any atom is -0.309 e. The molecule has 1 aliphatic rings. The summed E-state index contributed by atoms with van der Waals surface area (Å²) < 4.78 is 1.97. The van der Waals surface area contributed by atoms with E-state index in [4.69, 9.17) is 5.10 Å². The van der Waals surface area contributed by atoms with Crippen molar-refractivity contribution in [1.29, 1.82) is 0 Å². The molecule has 0 saturated heterocycles. The molecule has 4 heteroatoms. The van der Waals surface area contributed by atoms with Gasteiger partial charge in [0.1, 0.15) is 0 Å². The van der Waals surface area contributed by atoms with Gasteiger partial charge in [-0.15, -0.1) is 0 Å². The van der Waals surface area contributed by atoms with E-state index >= 15 is 0 Å². The van der Waals surface area contributed by atoms with Gasteiger partial charge in [-0.3, -0.25) is 4.98 Å². The first-order valence-corrected chi connectivity index (χ1v) is 14.1. The number of pyridine rings is 1. The molecule has 0 spiro atoms. The summed E-state index contributed by atoms with van der Waals surface area (Å²) in [6.07, 6.45) is 5.87. The van der Waals surface area contributed by atoms with Crippen molar-refractivity contribution in [1.82, 2.24) is 14.8 Å². The van der Waals surface area contributed by atoms with Crippen molar-refractivity contribution in [3.8, 4) is 50.3 Å². The maximum Gasteiger partial charge on any atom is 0.0702 e. The van der Waals surface area contributed by atoms with Crippen LogP contribution in [-0.4, -0.2) is 14.8 Å². The van der Waals surface area contributed by atoms with Gasteiger partial charge in [-0.2, -0.15) is 5.10 Å². The average molecular weight is 539 g/mol. The molecule has 1 aliphatic heterocycles. The van der Waals surface area contributed by atoms with Crippen LogP contribution in [0.4, 0.5) is 17.1 Å². The van der Waals surface area contributed by atoms with Crippen molar-refractivity contribution >= 4 is 17.1 Å². The van der Waals surface area contributed by atoms with Gasteiger partial charge in [-0.1, -0.05) is 97.1 Å². The Kier molecular flexibility index (Phi) is 5.75. The topological polar surface area (TPSA) is 34.0 Å². The van der Waals surface area contributed by atoms with Gasteiger partial charge in [-0.25, -0.2) is 4.68 Å². The van der Waals surface area contributed by atoms with Crippen LogP contribution in [0, 0.1) is 0 Å². The minimum absolute atomic E-state index is 0.949. The molecule has 4 nitrogen and oxygen atoms in total. The number of nitrogens with zero attached hydrogens (tertiary/aromatic N) is 4. The molecule has 5 aromatic carbocycles. The summed E-state index contributed by atoms with van der Waals surface area (Å²) in [5.74, 6) is 0. The van der Waals surface area contributed by atoms with E-state index in [0.717, 1.165) is 45.1 Å². The van der Waals surface area contributed by atoms with Crippen molar-refractivity contribution < 1.29 is 0 Å². The van der Waals surface area contributed by atoms with E-state index in [0.29, 0.717) is 0 Å². The van der Waals surface area contributed by atoms with Gasteiger partial charge in [-0.05, 0) is 59.2 Å². The lowest BCUT2D eigenvalue weighted by Gasteiger charge is -2.28. The van der Waals surface area contributed by atoms with Gasteiger partial charge in [0.05, 0.1) is 29.0 Å². The number of hydrogen-bond donors (Lipinski definition) is 0. The summed E-state index contributed by atoms with van der Waals surface area (Å²) in [5.41, 5.74) is 13.3. The lowest BCUT2D eigenvalue weighted by atomic mass is 9.94. The molecular weight excluding hydrogens is 512 g/mol. The zero-order chi connectivity index (χ0) is 27.9. The maximum absolute atomic E-state index is 4.77. The van der Waals surface area contributed by atoms with Crippen LogP contribution in [0.25, 0.3) is 50.3 Å². The van der Waals surface area contributed by atoms with Gasteiger partial charge in [0.25, 0.3) is 0 Å². The van der Waals surface area contributed by atoms with Crippen LogP contribution >= 0.6 is 0 Å². The Balaban J connectivity index is 1.35. The van der Waals surface area contributed by atoms with Crippen molar-refractivity contribution in [3.63, 3.8) is 0 Å². The fraction of sp³-hybridized carbons (Fsp3) is 0. The first-order chi connectivity index (χ1) is 20.8. The number of benzene rings is 5. The number of fused-ring (bicyclic) bond motifs is 5. The second kappa shape index (κ2) is 10.0. The average Bonchev–Trinajstić information content (AvgIpc) is 3.53. The molecule has 0 unspecified atom stereocenters. The Bertz CT molecular complexity index is 2040. The summed E-state index contributed by atoms with van der Waals surface area (Å²) in [4.78, 5) is 7.00. The first-order valence-electron chi connectivity index (χ1n) is 14.1. The van der Waals surface area contributed by atoms with Crippen LogP contribution in [0.3, 0.4) is 0 Å². The third-order valence-corrected chi connectivity index (χ3v) is 7.89. The molecule has 3 heterocycles. The molecule has 0 N–H and O–H groups in total. The highest BCUT2D eigenvalue weighted by atomic mass is 15.3. The Labute approximate surface area is 244 Å². The predicted molar refractivity (Wildman–Crippen MR) is 171 cm³/mol. The molecule has 2 aromatic heterocycles. The first kappa shape index (κ1) is 24.1. The third kappa shape index (κ3) is 4.09. The molecule has 0 bridgehead atoms. The quantitative estimate of drug-likeness (QED) is 0.224. The zero-order valence-corrected chi connectivity index (χ0v) is 22.8. The molecule has 42 heavy (non-hydrogen) atoms. The van der Waals surface area contributed by atoms with E-state index in [-0.39, 0.29) is 0 Å². The van der Waals surface area contributed by atoms with E-state index in [1.54, 1.807) is 0 Å². The van der Waals surface area contributed by atoms with Crippen LogP contribution in [0.1, 0.15) is 0 Å². The fourth-order valence-corrected chi connectivity index (χ4v) is 5.91. The predicted octanol–water partition coefficient (Wildman–Crippen LogP) is 9.72. The zero-order valence-electron chi connectivity index (χ0n) is 22.8. The van der Waals surface area contributed by atoms with E-state index in [2.05, 4.69) is 137 Å². The van der Waals surface area contributed by atoms with Crippen molar-refractivity contribution in [3.05, 3.63) is 158 Å². The second-order valence-corrected chi connectivity index (χ2v) is 10.4. The Morgan fingerprint density at radius 1 is 0.452 bits per heavy atom. The summed E-state index contributed by atoms with van der Waals surface area (Å²) in [5, 5.41) is 4.77. The van der Waals surface area contributed by atoms with Crippen LogP contribution < -0.4 is 4.90 Å². The number of rotatable bonds is 4. The van der Waals surface area contributed by atoms with E-state index in [1.807, 2.05) is 35.3 Å². The molecule has 0 saturated carbocycles. The summed E-state index contributed by atoms with van der Waals surface area (Å²) in [6, 6.07) is 49.1. The molecule has 0 fully saturated rings. The summed E-state index contributed by atoms with van der Waals surface area (Å²) in [7, 11) is 0. The Morgan fingerprint density at radius 3 is 1.98 bits per heavy atom. The van der Waals surface area contributed by atoms with Crippen LogP contribution in [0.5, 0.6) is 0 Å². The number of hydrogen-bond acceptors (Lipinski definition) is 3. The van der Waals surface area contributed by atoms with E-state index in [9.17, 15) is 0 Å². The number of anilines is 3. The standard InChI is InChI=1S/C38H26N4/c1-2-11-27(12-3-1)29-25-40-41(26-29)30-20-21-35-33-16-5-4-15-32(33)34-17-6-7-19-37(34)42(38(35)24-30)31-14-10-13-28(23-31)36-18-8-9-22-39-36/h1-26H. The van der Waals surface area contributed by atoms with Crippen molar-refractivity contribution in [2.45, 2.75) is 0 Å². The Morgan fingerprint density at radius 2 is 1.17 bits per heavy atom. The fourth-order valence-electron chi connectivity index (χ4n) is 5.91. The van der Waals surface area contributed by atoms with Crippen LogP contribution in [0.15, 0.2) is 158 Å². The largest absolute Gasteiger partial charge is 0.309 e. The third-order valence-electron chi connectivity index (χ3n) is 7.89. The van der Waals surface area contributed by atoms with Crippen molar-refractivity contribution in [2.75, 3.05) is 4.90 Å². The molecule has 8 rings (SSSR count). The Hall–Kier alpha value is -5.74. The molecule has 0 radical (unpaired) electrons. The molecular formula is C38H26N4. The minimum atomic E-state index is 0.949. The van der Waals surface area contributed by atoms with Gasteiger partial charge in [0, 0.05) is 40.3 Å². The van der Waals surface area contributed by atoms with E-state index in [1.165, 1.54) is 22.3 Å². The highest BCUT2D eigenvalue weighted by Crippen LogP contribution is 2.51. The van der Waals surface area contributed by atoms with Gasteiger partial charge < -0.3 is 4.90 Å². The lowest BCUT2D eigenvalue weighted by molar-refractivity contribution is 0.880.